The quantitative estimate of drug-likeness (QED) is 0.0195. The van der Waals surface area contributed by atoms with Crippen LogP contribution in [0.2, 0.25) is 0 Å². The highest BCUT2D eigenvalue weighted by Crippen LogP contribution is 2.38. The van der Waals surface area contributed by atoms with Gasteiger partial charge in [0.1, 0.15) is 19.8 Å². The van der Waals surface area contributed by atoms with Crippen LogP contribution in [0.1, 0.15) is 271 Å². The number of esters is 2. The summed E-state index contributed by atoms with van der Waals surface area (Å²) in [5.41, 5.74) is 0. The molecule has 0 saturated carbocycles. The second kappa shape index (κ2) is 62.0. The Morgan fingerprint density at radius 2 is 0.659 bits per heavy atom. The van der Waals surface area contributed by atoms with Gasteiger partial charge in [-0.25, -0.2) is 0 Å². The van der Waals surface area contributed by atoms with Crippen LogP contribution in [-0.4, -0.2) is 70.0 Å². The molecule has 0 bridgehead atoms. The number of allylic oxidation sites excluding steroid dienone is 20. The van der Waals surface area contributed by atoms with Crippen molar-refractivity contribution >= 4 is 19.8 Å². The summed E-state index contributed by atoms with van der Waals surface area (Å²) in [6.45, 7) is 4.02. The van der Waals surface area contributed by atoms with Gasteiger partial charge in [0.05, 0.1) is 27.7 Å². The van der Waals surface area contributed by atoms with Crippen molar-refractivity contribution in [3.63, 3.8) is 0 Å². The predicted octanol–water partition coefficient (Wildman–Crippen LogP) is 20.9. The lowest BCUT2D eigenvalue weighted by Gasteiger charge is -2.28. The van der Waals surface area contributed by atoms with Crippen molar-refractivity contribution < 1.29 is 42.1 Å². The minimum atomic E-state index is -4.65. The number of quaternary nitrogens is 1. The van der Waals surface area contributed by atoms with Crippen LogP contribution < -0.4 is 4.89 Å². The summed E-state index contributed by atoms with van der Waals surface area (Å²) < 4.78 is 34.3. The van der Waals surface area contributed by atoms with Gasteiger partial charge in [-0.15, -0.1) is 0 Å². The topological polar surface area (TPSA) is 111 Å². The molecule has 0 aliphatic heterocycles. The summed E-state index contributed by atoms with van der Waals surface area (Å²) in [6, 6.07) is 0. The first-order chi connectivity index (χ1) is 40.0. The lowest BCUT2D eigenvalue weighted by Crippen LogP contribution is -2.37. The van der Waals surface area contributed by atoms with Gasteiger partial charge in [0, 0.05) is 12.8 Å². The second-order valence-electron chi connectivity index (χ2n) is 23.1. The number of carbonyl (C=O) groups excluding carboxylic acids is 2. The van der Waals surface area contributed by atoms with E-state index in [-0.39, 0.29) is 32.0 Å². The first-order valence-corrected chi connectivity index (χ1v) is 34.7. The van der Waals surface area contributed by atoms with Crippen molar-refractivity contribution in [2.45, 2.75) is 277 Å². The number of ether oxygens (including phenoxy) is 2. The van der Waals surface area contributed by atoms with E-state index < -0.39 is 26.5 Å². The van der Waals surface area contributed by atoms with E-state index in [1.165, 1.54) is 122 Å². The van der Waals surface area contributed by atoms with Crippen LogP contribution in [0, 0.1) is 0 Å². The van der Waals surface area contributed by atoms with Crippen molar-refractivity contribution in [2.24, 2.45) is 0 Å². The molecule has 0 aromatic carbocycles. The highest BCUT2D eigenvalue weighted by atomic mass is 31.2. The van der Waals surface area contributed by atoms with Crippen LogP contribution in [0.15, 0.2) is 122 Å². The number of nitrogens with zero attached hydrogens (tertiary/aromatic N) is 1. The van der Waals surface area contributed by atoms with Crippen LogP contribution >= 0.6 is 7.82 Å². The second-order valence-corrected chi connectivity index (χ2v) is 24.5. The Balaban J connectivity index is 4.07. The minimum Gasteiger partial charge on any atom is -0.756 e. The van der Waals surface area contributed by atoms with Crippen LogP contribution in [0.5, 0.6) is 0 Å². The zero-order valence-electron chi connectivity index (χ0n) is 53.4. The third-order valence-corrected chi connectivity index (χ3v) is 14.9. The molecule has 9 nitrogen and oxygen atoms in total. The summed E-state index contributed by atoms with van der Waals surface area (Å²) in [6.07, 6.45) is 88.3. The molecule has 0 aromatic rings. The number of phosphoric ester groups is 1. The Bertz CT molecular complexity index is 1800. The molecule has 0 N–H and O–H groups in total. The third-order valence-electron chi connectivity index (χ3n) is 14.0. The van der Waals surface area contributed by atoms with E-state index >= 15 is 0 Å². The fraction of sp³-hybridized carbons (Fsp3) is 0.694. The third kappa shape index (κ3) is 65.6. The maximum absolute atomic E-state index is 12.9. The number of hydrogen-bond donors (Lipinski definition) is 0. The molecule has 0 aliphatic carbocycles. The summed E-state index contributed by atoms with van der Waals surface area (Å²) in [4.78, 5) is 38.0. The van der Waals surface area contributed by atoms with E-state index in [0.29, 0.717) is 17.4 Å². The Morgan fingerprint density at radius 3 is 0.976 bits per heavy atom. The average Bonchev–Trinajstić information content (AvgIpc) is 3.45. The van der Waals surface area contributed by atoms with E-state index in [0.717, 1.165) is 116 Å². The molecule has 82 heavy (non-hydrogen) atoms. The van der Waals surface area contributed by atoms with Crippen LogP contribution in [0.3, 0.4) is 0 Å². The number of phosphoric acid groups is 1. The fourth-order valence-corrected chi connectivity index (χ4v) is 9.68. The monoisotopic (exact) mass is 1160 g/mol. The molecule has 0 heterocycles. The molecule has 2 atom stereocenters. The predicted molar refractivity (Wildman–Crippen MR) is 351 cm³/mol. The maximum Gasteiger partial charge on any atom is 0.306 e. The molecule has 0 saturated heterocycles. The van der Waals surface area contributed by atoms with Gasteiger partial charge in [0.15, 0.2) is 6.10 Å². The van der Waals surface area contributed by atoms with Gasteiger partial charge in [-0.05, 0) is 103 Å². The van der Waals surface area contributed by atoms with Gasteiger partial charge in [-0.2, -0.15) is 0 Å². The lowest BCUT2D eigenvalue weighted by molar-refractivity contribution is -0.870. The Hall–Kier alpha value is -3.59. The van der Waals surface area contributed by atoms with E-state index in [4.69, 9.17) is 18.5 Å². The van der Waals surface area contributed by atoms with Crippen molar-refractivity contribution in [2.75, 3.05) is 47.5 Å². The zero-order chi connectivity index (χ0) is 59.8. The number of unbranched alkanes of at least 4 members (excludes halogenated alkanes) is 26. The molecule has 0 aliphatic rings. The Labute approximate surface area is 505 Å². The summed E-state index contributed by atoms with van der Waals surface area (Å²) >= 11 is 0. The molecule has 0 amide bonds. The minimum absolute atomic E-state index is 0.0358. The van der Waals surface area contributed by atoms with E-state index in [2.05, 4.69) is 135 Å². The molecule has 0 rings (SSSR count). The number of carbonyl (C=O) groups is 2. The standard InChI is InChI=1S/C72H124NO8P/c1-6-8-10-12-14-16-18-20-22-24-26-28-30-31-32-33-34-35-36-37-38-39-40-41-43-45-47-49-51-53-55-57-59-61-63-65-72(75)81-70(69-80-82(76,77)79-67-66-73(3,4)5)68-78-71(74)64-62-60-58-56-54-52-50-48-46-44-42-29-27-25-23-21-19-17-15-13-11-9-7-2/h8-11,14-17,20-23,26-29,31-32,34-35,70H,6-7,12-13,18-19,24-25,30,33,36-69H2,1-5H3/b10-8-,11-9-,16-14-,17-15-,22-20-,23-21-,28-26-,29-27-,32-31-,35-34-. The van der Waals surface area contributed by atoms with Gasteiger partial charge in [0.2, 0.25) is 0 Å². The van der Waals surface area contributed by atoms with Gasteiger partial charge < -0.3 is 27.9 Å². The summed E-state index contributed by atoms with van der Waals surface area (Å²) in [5.74, 6) is -0.837. The Morgan fingerprint density at radius 1 is 0.378 bits per heavy atom. The normalized spacial score (nSPS) is 14.0. The average molecular weight is 1160 g/mol. The largest absolute Gasteiger partial charge is 0.756 e. The first-order valence-electron chi connectivity index (χ1n) is 33.2. The molecule has 0 radical (unpaired) electrons. The van der Waals surface area contributed by atoms with E-state index in [1.54, 1.807) is 0 Å². The van der Waals surface area contributed by atoms with Gasteiger partial charge in [-0.1, -0.05) is 277 Å². The molecule has 0 fully saturated rings. The van der Waals surface area contributed by atoms with Crippen molar-refractivity contribution in [1.29, 1.82) is 0 Å². The van der Waals surface area contributed by atoms with Crippen molar-refractivity contribution in [3.05, 3.63) is 122 Å². The van der Waals surface area contributed by atoms with Gasteiger partial charge >= 0.3 is 11.9 Å². The van der Waals surface area contributed by atoms with E-state index in [9.17, 15) is 19.0 Å². The SMILES string of the molecule is CC/C=C\C/C=C\C/C=C\C/C=C\C/C=C\C/C=C\CCCCCCCCCCCCCCCCCCC(=O)OC(COC(=O)CCCCCCCCCCCC/C=C\C/C=C\C/C=C\C/C=C\CC)COP(=O)([O-])OCC[N+](C)(C)C. The number of rotatable bonds is 60. The molecular weight excluding hydrogens is 1040 g/mol. The van der Waals surface area contributed by atoms with Crippen molar-refractivity contribution in [3.8, 4) is 0 Å². The Kier molecular flexibility index (Phi) is 59.2. The van der Waals surface area contributed by atoms with Crippen LogP contribution in [0.25, 0.3) is 0 Å². The molecule has 0 aromatic heterocycles. The van der Waals surface area contributed by atoms with Crippen LogP contribution in [0.4, 0.5) is 0 Å². The lowest BCUT2D eigenvalue weighted by atomic mass is 10.0. The first kappa shape index (κ1) is 78.4. The van der Waals surface area contributed by atoms with Gasteiger partial charge in [-0.3, -0.25) is 14.2 Å². The highest BCUT2D eigenvalue weighted by Gasteiger charge is 2.22. The molecule has 2 unspecified atom stereocenters. The zero-order valence-corrected chi connectivity index (χ0v) is 54.3. The number of likely N-dealkylation sites (N-methyl/N-ethyl adjacent to an activating group) is 1. The maximum atomic E-state index is 12.9. The van der Waals surface area contributed by atoms with E-state index in [1.807, 2.05) is 21.1 Å². The molecule has 470 valence electrons. The van der Waals surface area contributed by atoms with Gasteiger partial charge in [0.25, 0.3) is 7.82 Å². The molecule has 10 heteroatoms. The molecular formula is C72H124NO8P. The smallest absolute Gasteiger partial charge is 0.306 e. The van der Waals surface area contributed by atoms with Crippen LogP contribution in [-0.2, 0) is 32.7 Å². The number of hydrogen-bond acceptors (Lipinski definition) is 8. The summed E-state index contributed by atoms with van der Waals surface area (Å²) in [7, 11) is 1.16. The fourth-order valence-electron chi connectivity index (χ4n) is 8.95. The van der Waals surface area contributed by atoms with Crippen molar-refractivity contribution in [1.82, 2.24) is 0 Å². The highest BCUT2D eigenvalue weighted by molar-refractivity contribution is 7.45. The summed E-state index contributed by atoms with van der Waals surface area (Å²) in [5, 5.41) is 0. The molecule has 0 spiro atoms.